The fraction of sp³-hybridized carbons (Fsp3) is 0.538. The summed E-state index contributed by atoms with van der Waals surface area (Å²) in [5.74, 6) is 0.657. The zero-order valence-electron chi connectivity index (χ0n) is 18.4. The van der Waals surface area contributed by atoms with Crippen LogP contribution in [-0.4, -0.2) is 13.6 Å². The van der Waals surface area contributed by atoms with Crippen molar-refractivity contribution in [1.82, 2.24) is 5.32 Å². The first-order valence-electron chi connectivity index (χ1n) is 10.8. The van der Waals surface area contributed by atoms with Crippen LogP contribution >= 0.6 is 0 Å². The Labute approximate surface area is 167 Å². The van der Waals surface area contributed by atoms with Crippen LogP contribution < -0.4 is 5.32 Å². The van der Waals surface area contributed by atoms with Crippen LogP contribution in [0.2, 0.25) is 0 Å². The van der Waals surface area contributed by atoms with Crippen LogP contribution in [0, 0.1) is 20.8 Å². The van der Waals surface area contributed by atoms with Crippen LogP contribution in [0.3, 0.4) is 0 Å². The van der Waals surface area contributed by atoms with E-state index in [-0.39, 0.29) is 0 Å². The van der Waals surface area contributed by atoms with Gasteiger partial charge in [0.25, 0.3) is 0 Å². The van der Waals surface area contributed by atoms with Crippen molar-refractivity contribution in [2.45, 2.75) is 79.1 Å². The van der Waals surface area contributed by atoms with E-state index in [1.807, 2.05) is 0 Å². The van der Waals surface area contributed by atoms with Gasteiger partial charge in [-0.15, -0.1) is 0 Å². The summed E-state index contributed by atoms with van der Waals surface area (Å²) in [6, 6.07) is 11.5. The van der Waals surface area contributed by atoms with Crippen molar-refractivity contribution in [3.8, 4) is 0 Å². The standard InChI is InChI=1S/C26H39N/c1-7-10-19(2)25-16-15-23(22(5)26(25)17-18-27-6)13-9-14-24-20(3)11-8-12-21(24)4/h8,11-12,15-16,19,27H,7,9-10,13-14,17-18H2,1-6H3. The van der Waals surface area contributed by atoms with Crippen LogP contribution in [0.5, 0.6) is 0 Å². The molecule has 0 saturated carbocycles. The number of hydrogen-bond donors (Lipinski definition) is 1. The maximum atomic E-state index is 3.34. The van der Waals surface area contributed by atoms with Gasteiger partial charge >= 0.3 is 0 Å². The molecule has 0 spiro atoms. The van der Waals surface area contributed by atoms with Crippen LogP contribution in [0.25, 0.3) is 0 Å². The molecule has 1 atom stereocenters. The summed E-state index contributed by atoms with van der Waals surface area (Å²) >= 11 is 0. The number of nitrogens with one attached hydrogen (secondary N) is 1. The predicted molar refractivity (Wildman–Crippen MR) is 120 cm³/mol. The molecule has 1 heteroatoms. The molecule has 27 heavy (non-hydrogen) atoms. The molecule has 0 aromatic heterocycles. The lowest BCUT2D eigenvalue weighted by Crippen LogP contribution is -2.14. The molecule has 1 unspecified atom stereocenters. The minimum Gasteiger partial charge on any atom is -0.319 e. The molecule has 1 nitrogen and oxygen atoms in total. The monoisotopic (exact) mass is 365 g/mol. The van der Waals surface area contributed by atoms with Crippen molar-refractivity contribution in [3.05, 3.63) is 69.3 Å². The molecule has 0 aliphatic carbocycles. The maximum absolute atomic E-state index is 3.34. The summed E-state index contributed by atoms with van der Waals surface area (Å²) in [5, 5.41) is 3.34. The average molecular weight is 366 g/mol. The Morgan fingerprint density at radius 1 is 0.889 bits per heavy atom. The molecule has 0 saturated heterocycles. The molecular weight excluding hydrogens is 326 g/mol. The third-order valence-electron chi connectivity index (χ3n) is 6.14. The summed E-state index contributed by atoms with van der Waals surface area (Å²) < 4.78 is 0. The summed E-state index contributed by atoms with van der Waals surface area (Å²) in [5.41, 5.74) is 10.7. The number of rotatable bonds is 10. The van der Waals surface area contributed by atoms with Gasteiger partial charge in [0.15, 0.2) is 0 Å². The van der Waals surface area contributed by atoms with Crippen molar-refractivity contribution in [1.29, 1.82) is 0 Å². The second kappa shape index (κ2) is 10.7. The van der Waals surface area contributed by atoms with Crippen LogP contribution in [0.4, 0.5) is 0 Å². The van der Waals surface area contributed by atoms with E-state index in [2.05, 4.69) is 77.3 Å². The molecule has 2 rings (SSSR count). The van der Waals surface area contributed by atoms with Gasteiger partial charge in [-0.2, -0.15) is 0 Å². The van der Waals surface area contributed by atoms with Crippen LogP contribution in [0.1, 0.15) is 78.0 Å². The highest BCUT2D eigenvalue weighted by Crippen LogP contribution is 2.29. The fourth-order valence-corrected chi connectivity index (χ4v) is 4.43. The summed E-state index contributed by atoms with van der Waals surface area (Å²) in [6.45, 7) is 12.6. The Hall–Kier alpha value is -1.60. The first-order chi connectivity index (χ1) is 13.0. The maximum Gasteiger partial charge on any atom is -0.00111 e. The molecule has 0 bridgehead atoms. The first kappa shape index (κ1) is 21.7. The summed E-state index contributed by atoms with van der Waals surface area (Å²) in [7, 11) is 2.05. The Morgan fingerprint density at radius 3 is 2.22 bits per heavy atom. The quantitative estimate of drug-likeness (QED) is 0.510. The Kier molecular flexibility index (Phi) is 8.57. The van der Waals surface area contributed by atoms with E-state index in [1.165, 1.54) is 48.8 Å². The smallest absolute Gasteiger partial charge is 0.00111 e. The molecule has 0 aliphatic heterocycles. The zero-order valence-corrected chi connectivity index (χ0v) is 18.4. The highest BCUT2D eigenvalue weighted by atomic mass is 14.8. The average Bonchev–Trinajstić information content (AvgIpc) is 2.64. The molecule has 0 heterocycles. The third kappa shape index (κ3) is 5.69. The molecule has 0 amide bonds. The van der Waals surface area contributed by atoms with Gasteiger partial charge in [-0.1, -0.05) is 50.6 Å². The van der Waals surface area contributed by atoms with Gasteiger partial charge < -0.3 is 5.32 Å². The van der Waals surface area contributed by atoms with E-state index in [0.29, 0.717) is 5.92 Å². The molecule has 0 radical (unpaired) electrons. The zero-order chi connectivity index (χ0) is 19.8. The van der Waals surface area contributed by atoms with Crippen molar-refractivity contribution >= 4 is 0 Å². The van der Waals surface area contributed by atoms with Crippen molar-refractivity contribution in [2.24, 2.45) is 0 Å². The SMILES string of the molecule is CCCC(C)c1ccc(CCCc2c(C)cccc2C)c(C)c1CCNC. The van der Waals surface area contributed by atoms with Gasteiger partial charge in [0.2, 0.25) is 0 Å². The van der Waals surface area contributed by atoms with E-state index in [9.17, 15) is 0 Å². The summed E-state index contributed by atoms with van der Waals surface area (Å²) in [4.78, 5) is 0. The van der Waals surface area contributed by atoms with Gasteiger partial charge in [0, 0.05) is 0 Å². The minimum atomic E-state index is 0.657. The number of hydrogen-bond acceptors (Lipinski definition) is 1. The largest absolute Gasteiger partial charge is 0.319 e. The van der Waals surface area contributed by atoms with E-state index in [4.69, 9.17) is 0 Å². The van der Waals surface area contributed by atoms with Gasteiger partial charge in [-0.05, 0) is 111 Å². The fourth-order valence-electron chi connectivity index (χ4n) is 4.43. The van der Waals surface area contributed by atoms with Crippen LogP contribution in [-0.2, 0) is 19.3 Å². The van der Waals surface area contributed by atoms with Gasteiger partial charge in [0.1, 0.15) is 0 Å². The number of aryl methyl sites for hydroxylation is 3. The van der Waals surface area contributed by atoms with Gasteiger partial charge in [-0.3, -0.25) is 0 Å². The second-order valence-electron chi connectivity index (χ2n) is 8.18. The lowest BCUT2D eigenvalue weighted by atomic mass is 9.85. The van der Waals surface area contributed by atoms with Crippen molar-refractivity contribution in [3.63, 3.8) is 0 Å². The van der Waals surface area contributed by atoms with Crippen LogP contribution in [0.15, 0.2) is 30.3 Å². The molecule has 0 fully saturated rings. The van der Waals surface area contributed by atoms with Crippen molar-refractivity contribution in [2.75, 3.05) is 13.6 Å². The van der Waals surface area contributed by atoms with Gasteiger partial charge in [0.05, 0.1) is 0 Å². The molecule has 0 aliphatic rings. The summed E-state index contributed by atoms with van der Waals surface area (Å²) in [6.07, 6.45) is 7.24. The first-order valence-corrected chi connectivity index (χ1v) is 10.8. The van der Waals surface area contributed by atoms with E-state index >= 15 is 0 Å². The van der Waals surface area contributed by atoms with Gasteiger partial charge in [-0.25, -0.2) is 0 Å². The number of benzene rings is 2. The Balaban J connectivity index is 2.16. The Bertz CT molecular complexity index is 709. The predicted octanol–water partition coefficient (Wildman–Crippen LogP) is 6.45. The lowest BCUT2D eigenvalue weighted by molar-refractivity contribution is 0.652. The second-order valence-corrected chi connectivity index (χ2v) is 8.18. The minimum absolute atomic E-state index is 0.657. The molecule has 2 aromatic carbocycles. The highest BCUT2D eigenvalue weighted by molar-refractivity contribution is 5.42. The highest BCUT2D eigenvalue weighted by Gasteiger charge is 2.14. The lowest BCUT2D eigenvalue weighted by Gasteiger charge is -2.21. The normalized spacial score (nSPS) is 12.4. The molecule has 148 valence electrons. The molecule has 2 aromatic rings. The Morgan fingerprint density at radius 2 is 1.59 bits per heavy atom. The topological polar surface area (TPSA) is 12.0 Å². The van der Waals surface area contributed by atoms with E-state index in [1.54, 1.807) is 22.3 Å². The molecule has 1 N–H and O–H groups in total. The van der Waals surface area contributed by atoms with E-state index < -0.39 is 0 Å². The van der Waals surface area contributed by atoms with E-state index in [0.717, 1.165) is 13.0 Å². The molecular formula is C26H39N. The van der Waals surface area contributed by atoms with Crippen molar-refractivity contribution < 1.29 is 0 Å². The number of likely N-dealkylation sites (N-methyl/N-ethyl adjacent to an activating group) is 1. The third-order valence-corrected chi connectivity index (χ3v) is 6.14.